The Labute approximate surface area is 56.4 Å². The van der Waals surface area contributed by atoms with Crippen molar-refractivity contribution in [1.29, 1.82) is 0 Å². The van der Waals surface area contributed by atoms with Crippen LogP contribution in [0.15, 0.2) is 4.40 Å². The molecule has 0 aliphatic carbocycles. The summed E-state index contributed by atoms with van der Waals surface area (Å²) in [4.78, 5) is 10.6. The number of hydrogen-bond donors (Lipinski definition) is 0. The van der Waals surface area contributed by atoms with Crippen LogP contribution in [0.1, 0.15) is 0 Å². The summed E-state index contributed by atoms with van der Waals surface area (Å²) in [6, 6.07) is 0. The zero-order chi connectivity index (χ0) is 5.98. The van der Waals surface area contributed by atoms with Gasteiger partial charge in [0.05, 0.1) is 11.6 Å². The van der Waals surface area contributed by atoms with Gasteiger partial charge < -0.3 is 0 Å². The molecule has 2 nitrogen and oxygen atoms in total. The lowest BCUT2D eigenvalue weighted by molar-refractivity contribution is -0.110. The van der Waals surface area contributed by atoms with Crippen molar-refractivity contribution in [2.75, 3.05) is 11.6 Å². The fourth-order valence-corrected chi connectivity index (χ4v) is 1.35. The average molecular weight is 150 g/mol. The SMILES string of the molecule is O=C1CSN=C1CCl. The fraction of sp³-hybridized carbons (Fsp3) is 0.500. The van der Waals surface area contributed by atoms with Gasteiger partial charge in [-0.3, -0.25) is 4.79 Å². The van der Waals surface area contributed by atoms with E-state index in [1.54, 1.807) is 0 Å². The third-order valence-electron chi connectivity index (χ3n) is 0.819. The minimum absolute atomic E-state index is 0.0741. The number of hydrogen-bond acceptors (Lipinski definition) is 3. The van der Waals surface area contributed by atoms with Crippen LogP contribution in [0, 0.1) is 0 Å². The summed E-state index contributed by atoms with van der Waals surface area (Å²) in [5.41, 5.74) is 0.511. The van der Waals surface area contributed by atoms with Crippen molar-refractivity contribution in [3.8, 4) is 0 Å². The third kappa shape index (κ3) is 1.03. The summed E-state index contributed by atoms with van der Waals surface area (Å²) in [5, 5.41) is 0. The Kier molecular flexibility index (Phi) is 1.91. The van der Waals surface area contributed by atoms with Crippen LogP contribution in [-0.2, 0) is 4.79 Å². The van der Waals surface area contributed by atoms with Gasteiger partial charge in [-0.25, -0.2) is 4.40 Å². The third-order valence-corrected chi connectivity index (χ3v) is 1.81. The minimum Gasteiger partial charge on any atom is -0.292 e. The minimum atomic E-state index is 0.0741. The summed E-state index contributed by atoms with van der Waals surface area (Å²) < 4.78 is 3.79. The maximum Gasteiger partial charge on any atom is 0.190 e. The monoisotopic (exact) mass is 149 g/mol. The average Bonchev–Trinajstić information content (AvgIpc) is 2.14. The van der Waals surface area contributed by atoms with Crippen molar-refractivity contribution in [2.24, 2.45) is 4.40 Å². The first-order valence-electron chi connectivity index (χ1n) is 2.12. The second kappa shape index (κ2) is 2.51. The number of carbonyl (C=O) groups is 1. The molecule has 0 bridgehead atoms. The fourth-order valence-electron chi connectivity index (χ4n) is 0.402. The van der Waals surface area contributed by atoms with E-state index in [2.05, 4.69) is 4.40 Å². The predicted molar refractivity (Wildman–Crippen MR) is 35.6 cm³/mol. The molecule has 0 unspecified atom stereocenters. The molecule has 1 heterocycles. The van der Waals surface area contributed by atoms with E-state index >= 15 is 0 Å². The Balaban J connectivity index is 2.62. The molecule has 0 saturated heterocycles. The van der Waals surface area contributed by atoms with Gasteiger partial charge in [-0.2, -0.15) is 0 Å². The lowest BCUT2D eigenvalue weighted by Crippen LogP contribution is -2.11. The van der Waals surface area contributed by atoms with Crippen LogP contribution in [0.4, 0.5) is 0 Å². The molecule has 0 N–H and O–H groups in total. The maximum absolute atomic E-state index is 10.6. The molecule has 4 heteroatoms. The number of ketones is 1. The number of alkyl halides is 1. The van der Waals surface area contributed by atoms with Gasteiger partial charge in [0, 0.05) is 0 Å². The Morgan fingerprint density at radius 3 is 2.88 bits per heavy atom. The van der Waals surface area contributed by atoms with Crippen LogP contribution in [0.2, 0.25) is 0 Å². The molecule has 0 radical (unpaired) electrons. The van der Waals surface area contributed by atoms with Gasteiger partial charge >= 0.3 is 0 Å². The topological polar surface area (TPSA) is 29.4 Å². The van der Waals surface area contributed by atoms with E-state index < -0.39 is 0 Å². The van der Waals surface area contributed by atoms with Gasteiger partial charge in [-0.05, 0) is 11.9 Å². The molecule has 0 atom stereocenters. The molecule has 1 aliphatic rings. The molecule has 1 rings (SSSR count). The van der Waals surface area contributed by atoms with Crippen molar-refractivity contribution in [3.05, 3.63) is 0 Å². The van der Waals surface area contributed by atoms with Crippen LogP contribution < -0.4 is 0 Å². The van der Waals surface area contributed by atoms with E-state index in [1.807, 2.05) is 0 Å². The van der Waals surface area contributed by atoms with Crippen LogP contribution in [0.25, 0.3) is 0 Å². The first-order chi connectivity index (χ1) is 3.84. The highest BCUT2D eigenvalue weighted by Crippen LogP contribution is 2.12. The largest absolute Gasteiger partial charge is 0.292 e. The van der Waals surface area contributed by atoms with E-state index in [0.29, 0.717) is 11.5 Å². The molecule has 0 aromatic rings. The molecule has 0 fully saturated rings. The van der Waals surface area contributed by atoms with E-state index in [9.17, 15) is 4.79 Å². The zero-order valence-electron chi connectivity index (χ0n) is 4.06. The number of halogens is 1. The molecular weight excluding hydrogens is 146 g/mol. The van der Waals surface area contributed by atoms with Crippen molar-refractivity contribution >= 4 is 35.0 Å². The van der Waals surface area contributed by atoms with Gasteiger partial charge in [0.1, 0.15) is 5.71 Å². The quantitative estimate of drug-likeness (QED) is 0.410. The van der Waals surface area contributed by atoms with Crippen molar-refractivity contribution < 1.29 is 4.79 Å². The highest BCUT2D eigenvalue weighted by Gasteiger charge is 2.15. The van der Waals surface area contributed by atoms with Gasteiger partial charge in [0.15, 0.2) is 5.78 Å². The molecule has 8 heavy (non-hydrogen) atoms. The van der Waals surface area contributed by atoms with Crippen molar-refractivity contribution in [2.45, 2.75) is 0 Å². The first kappa shape index (κ1) is 6.11. The Bertz CT molecular complexity index is 145. The van der Waals surface area contributed by atoms with E-state index in [1.165, 1.54) is 11.9 Å². The first-order valence-corrected chi connectivity index (χ1v) is 3.60. The Morgan fingerprint density at radius 2 is 2.62 bits per heavy atom. The van der Waals surface area contributed by atoms with E-state index in [4.69, 9.17) is 11.6 Å². The van der Waals surface area contributed by atoms with Crippen LogP contribution in [0.3, 0.4) is 0 Å². The number of carbonyl (C=O) groups excluding carboxylic acids is 1. The smallest absolute Gasteiger partial charge is 0.190 e. The van der Waals surface area contributed by atoms with Gasteiger partial charge in [0.25, 0.3) is 0 Å². The summed E-state index contributed by atoms with van der Waals surface area (Å²) in [5.74, 6) is 0.804. The second-order valence-electron chi connectivity index (χ2n) is 1.37. The van der Waals surface area contributed by atoms with Gasteiger partial charge in [-0.1, -0.05) is 0 Å². The molecule has 44 valence electrons. The second-order valence-corrected chi connectivity index (χ2v) is 2.36. The highest BCUT2D eigenvalue weighted by molar-refractivity contribution is 7.99. The predicted octanol–water partition coefficient (Wildman–Crippen LogP) is 0.897. The summed E-state index contributed by atoms with van der Waals surface area (Å²) >= 11 is 6.61. The zero-order valence-corrected chi connectivity index (χ0v) is 5.63. The van der Waals surface area contributed by atoms with Crippen molar-refractivity contribution in [1.82, 2.24) is 0 Å². The number of Topliss-reactive ketones (excluding diaryl/α,β-unsaturated/α-hetero) is 1. The van der Waals surface area contributed by atoms with Crippen LogP contribution in [-0.4, -0.2) is 23.1 Å². The van der Waals surface area contributed by atoms with E-state index in [-0.39, 0.29) is 11.7 Å². The van der Waals surface area contributed by atoms with Crippen LogP contribution >= 0.6 is 23.5 Å². The summed E-state index contributed by atoms with van der Waals surface area (Å²) in [6.45, 7) is 0. The van der Waals surface area contributed by atoms with E-state index in [0.717, 1.165) is 0 Å². The molecular formula is C4H4ClNOS. The lowest BCUT2D eigenvalue weighted by Gasteiger charge is -1.82. The standard InChI is InChI=1S/C4H4ClNOS/c5-1-3-4(7)2-8-6-3/h1-2H2. The molecule has 0 amide bonds. The number of rotatable bonds is 1. The molecule has 0 aromatic heterocycles. The molecule has 1 aliphatic heterocycles. The van der Waals surface area contributed by atoms with Crippen molar-refractivity contribution in [3.63, 3.8) is 0 Å². The van der Waals surface area contributed by atoms with Crippen LogP contribution in [0.5, 0.6) is 0 Å². The Morgan fingerprint density at radius 1 is 1.88 bits per heavy atom. The highest BCUT2D eigenvalue weighted by atomic mass is 35.5. The van der Waals surface area contributed by atoms with Gasteiger partial charge in [-0.15, -0.1) is 11.6 Å². The molecule has 0 spiro atoms. The maximum atomic E-state index is 10.6. The summed E-state index contributed by atoms with van der Waals surface area (Å²) in [7, 11) is 0. The molecule has 0 saturated carbocycles. The van der Waals surface area contributed by atoms with Gasteiger partial charge in [0.2, 0.25) is 0 Å². The summed E-state index contributed by atoms with van der Waals surface area (Å²) in [6.07, 6.45) is 0. The Hall–Kier alpha value is -0.0200. The molecule has 0 aromatic carbocycles. The lowest BCUT2D eigenvalue weighted by atomic mass is 10.3. The number of nitrogens with zero attached hydrogens (tertiary/aromatic N) is 1. The normalized spacial score (nSPS) is 19.1.